The van der Waals surface area contributed by atoms with Gasteiger partial charge in [0, 0.05) is 10.0 Å². The third-order valence-electron chi connectivity index (χ3n) is 2.62. The van der Waals surface area contributed by atoms with Crippen LogP contribution in [0.2, 0.25) is 0 Å². The van der Waals surface area contributed by atoms with Crippen LogP contribution in [0.5, 0.6) is 0 Å². The van der Waals surface area contributed by atoms with Crippen molar-refractivity contribution in [2.75, 3.05) is 6.54 Å². The molecule has 0 radical (unpaired) electrons. The fourth-order valence-electron chi connectivity index (χ4n) is 1.86. The molecular formula is C13H11Br2F2NO. The fourth-order valence-corrected chi connectivity index (χ4v) is 2.58. The van der Waals surface area contributed by atoms with Crippen LogP contribution in [-0.4, -0.2) is 6.54 Å². The van der Waals surface area contributed by atoms with Crippen LogP contribution in [-0.2, 0) is 0 Å². The molecule has 102 valence electrons. The van der Waals surface area contributed by atoms with Gasteiger partial charge >= 0.3 is 0 Å². The van der Waals surface area contributed by atoms with E-state index < -0.39 is 17.7 Å². The lowest BCUT2D eigenvalue weighted by Crippen LogP contribution is -2.23. The normalized spacial score (nSPS) is 12.7. The molecule has 0 aliphatic carbocycles. The van der Waals surface area contributed by atoms with Gasteiger partial charge in [-0.3, -0.25) is 0 Å². The number of benzene rings is 1. The molecule has 1 aromatic carbocycles. The number of halogens is 4. The van der Waals surface area contributed by atoms with Crippen molar-refractivity contribution < 1.29 is 13.2 Å². The molecule has 6 heteroatoms. The first-order valence-electron chi connectivity index (χ1n) is 5.66. The van der Waals surface area contributed by atoms with E-state index in [1.165, 1.54) is 12.1 Å². The van der Waals surface area contributed by atoms with Crippen molar-refractivity contribution in [2.45, 2.75) is 13.0 Å². The molecule has 0 bridgehead atoms. The lowest BCUT2D eigenvalue weighted by Gasteiger charge is -2.17. The Morgan fingerprint density at radius 2 is 1.84 bits per heavy atom. The number of hydrogen-bond donors (Lipinski definition) is 1. The zero-order valence-corrected chi connectivity index (χ0v) is 13.2. The van der Waals surface area contributed by atoms with Crippen molar-refractivity contribution in [2.24, 2.45) is 0 Å². The van der Waals surface area contributed by atoms with E-state index in [9.17, 15) is 8.78 Å². The summed E-state index contributed by atoms with van der Waals surface area (Å²) in [5.41, 5.74) is -0.0492. The standard InChI is InChI=1S/C13H11Br2F2NO/c1-2-18-13(10-3-4-11(15)19-10)12-8(16)5-7(14)6-9(12)17/h3-6,13,18H,2H2,1H3. The van der Waals surface area contributed by atoms with Crippen LogP contribution in [0.1, 0.15) is 24.3 Å². The summed E-state index contributed by atoms with van der Waals surface area (Å²) >= 11 is 6.25. The van der Waals surface area contributed by atoms with Gasteiger partial charge in [0.05, 0.1) is 6.04 Å². The number of rotatable bonds is 4. The van der Waals surface area contributed by atoms with E-state index >= 15 is 0 Å². The monoisotopic (exact) mass is 393 g/mol. The van der Waals surface area contributed by atoms with Gasteiger partial charge < -0.3 is 9.73 Å². The minimum Gasteiger partial charge on any atom is -0.452 e. The van der Waals surface area contributed by atoms with Gasteiger partial charge in [-0.1, -0.05) is 22.9 Å². The maximum Gasteiger partial charge on any atom is 0.169 e. The molecule has 2 rings (SSSR count). The van der Waals surface area contributed by atoms with E-state index in [0.717, 1.165) is 0 Å². The van der Waals surface area contributed by atoms with Crippen LogP contribution < -0.4 is 5.32 Å². The second kappa shape index (κ2) is 6.15. The molecule has 0 amide bonds. The van der Waals surface area contributed by atoms with Gasteiger partial charge in [-0.15, -0.1) is 0 Å². The van der Waals surface area contributed by atoms with E-state index in [0.29, 0.717) is 21.4 Å². The highest BCUT2D eigenvalue weighted by Crippen LogP contribution is 2.31. The topological polar surface area (TPSA) is 25.2 Å². The molecule has 1 aromatic heterocycles. The van der Waals surface area contributed by atoms with Gasteiger partial charge in [-0.25, -0.2) is 8.78 Å². The Balaban J connectivity index is 2.51. The highest BCUT2D eigenvalue weighted by molar-refractivity contribution is 9.10. The third kappa shape index (κ3) is 3.24. The van der Waals surface area contributed by atoms with Crippen LogP contribution in [0.4, 0.5) is 8.78 Å². The minimum absolute atomic E-state index is 0.0492. The summed E-state index contributed by atoms with van der Waals surface area (Å²) in [6, 6.07) is 5.18. The summed E-state index contributed by atoms with van der Waals surface area (Å²) in [5.74, 6) is -0.787. The highest BCUT2D eigenvalue weighted by atomic mass is 79.9. The molecule has 0 saturated heterocycles. The molecule has 0 aliphatic rings. The van der Waals surface area contributed by atoms with E-state index in [1.807, 2.05) is 6.92 Å². The average Bonchev–Trinajstić information content (AvgIpc) is 2.73. The van der Waals surface area contributed by atoms with E-state index in [4.69, 9.17) is 4.42 Å². The third-order valence-corrected chi connectivity index (χ3v) is 3.50. The Hall–Kier alpha value is -0.720. The summed E-state index contributed by atoms with van der Waals surface area (Å²) in [6.07, 6.45) is 0. The Morgan fingerprint density at radius 3 is 2.32 bits per heavy atom. The van der Waals surface area contributed by atoms with Crippen molar-refractivity contribution in [1.29, 1.82) is 0 Å². The molecule has 0 aliphatic heterocycles. The summed E-state index contributed by atoms with van der Waals surface area (Å²) < 4.78 is 34.3. The van der Waals surface area contributed by atoms with Gasteiger partial charge in [0.1, 0.15) is 17.4 Å². The SMILES string of the molecule is CCNC(c1ccc(Br)o1)c1c(F)cc(Br)cc1F. The molecule has 2 nitrogen and oxygen atoms in total. The van der Waals surface area contributed by atoms with E-state index in [2.05, 4.69) is 37.2 Å². The van der Waals surface area contributed by atoms with Gasteiger partial charge in [0.15, 0.2) is 4.67 Å². The molecule has 1 N–H and O–H groups in total. The van der Waals surface area contributed by atoms with Crippen molar-refractivity contribution in [1.82, 2.24) is 5.32 Å². The molecular weight excluding hydrogens is 384 g/mol. The minimum atomic E-state index is -0.663. The van der Waals surface area contributed by atoms with Gasteiger partial charge in [-0.05, 0) is 46.7 Å². The molecule has 19 heavy (non-hydrogen) atoms. The lowest BCUT2D eigenvalue weighted by molar-refractivity contribution is 0.416. The Morgan fingerprint density at radius 1 is 1.21 bits per heavy atom. The maximum atomic E-state index is 14.0. The second-order valence-electron chi connectivity index (χ2n) is 3.92. The molecule has 1 unspecified atom stereocenters. The summed E-state index contributed by atoms with van der Waals surface area (Å²) in [6.45, 7) is 2.41. The van der Waals surface area contributed by atoms with Crippen molar-refractivity contribution in [3.8, 4) is 0 Å². The molecule has 0 fully saturated rings. The van der Waals surface area contributed by atoms with E-state index in [1.54, 1.807) is 12.1 Å². The lowest BCUT2D eigenvalue weighted by atomic mass is 10.0. The average molecular weight is 395 g/mol. The van der Waals surface area contributed by atoms with Crippen LogP contribution in [0, 0.1) is 11.6 Å². The molecule has 1 atom stereocenters. The van der Waals surface area contributed by atoms with Gasteiger partial charge in [-0.2, -0.15) is 0 Å². The molecule has 0 saturated carbocycles. The van der Waals surface area contributed by atoms with E-state index in [-0.39, 0.29) is 5.56 Å². The van der Waals surface area contributed by atoms with Crippen LogP contribution >= 0.6 is 31.9 Å². The smallest absolute Gasteiger partial charge is 0.169 e. The summed E-state index contributed by atoms with van der Waals surface area (Å²) in [7, 11) is 0. The second-order valence-corrected chi connectivity index (χ2v) is 5.61. The molecule has 0 spiro atoms. The van der Waals surface area contributed by atoms with Gasteiger partial charge in [0.25, 0.3) is 0 Å². The first-order chi connectivity index (χ1) is 9.02. The quantitative estimate of drug-likeness (QED) is 0.807. The Kier molecular flexibility index (Phi) is 4.76. The summed E-state index contributed by atoms with van der Waals surface area (Å²) in [4.78, 5) is 0. The van der Waals surface area contributed by atoms with Crippen molar-refractivity contribution in [3.05, 3.63) is 56.4 Å². The maximum absolute atomic E-state index is 14.0. The van der Waals surface area contributed by atoms with Crippen molar-refractivity contribution in [3.63, 3.8) is 0 Å². The number of furan rings is 1. The Labute approximate surface area is 126 Å². The molecule has 2 aromatic rings. The van der Waals surface area contributed by atoms with Gasteiger partial charge in [0.2, 0.25) is 0 Å². The zero-order chi connectivity index (χ0) is 14.0. The summed E-state index contributed by atoms with van der Waals surface area (Å²) in [5, 5.41) is 3.02. The fraction of sp³-hybridized carbons (Fsp3) is 0.231. The zero-order valence-electron chi connectivity index (χ0n) is 10.0. The molecule has 1 heterocycles. The predicted octanol–water partition coefficient (Wildman–Crippen LogP) is 4.78. The Bertz CT molecular complexity index is 563. The largest absolute Gasteiger partial charge is 0.452 e. The van der Waals surface area contributed by atoms with Crippen LogP contribution in [0.15, 0.2) is 37.8 Å². The highest BCUT2D eigenvalue weighted by Gasteiger charge is 2.24. The first-order valence-corrected chi connectivity index (χ1v) is 7.24. The first kappa shape index (κ1) is 14.7. The van der Waals surface area contributed by atoms with Crippen molar-refractivity contribution >= 4 is 31.9 Å². The number of hydrogen-bond acceptors (Lipinski definition) is 2. The number of nitrogens with one attached hydrogen (secondary N) is 1. The van der Waals surface area contributed by atoms with Crippen LogP contribution in [0.3, 0.4) is 0 Å². The van der Waals surface area contributed by atoms with Crippen LogP contribution in [0.25, 0.3) is 0 Å². The predicted molar refractivity (Wildman–Crippen MR) is 76.0 cm³/mol.